The van der Waals surface area contributed by atoms with E-state index >= 15 is 0 Å². The van der Waals surface area contributed by atoms with Crippen molar-refractivity contribution in [1.29, 1.82) is 0 Å². The predicted molar refractivity (Wildman–Crippen MR) is 65.8 cm³/mol. The summed E-state index contributed by atoms with van der Waals surface area (Å²) in [5.74, 6) is 1.33. The molecule has 7 nitrogen and oxygen atoms in total. The van der Waals surface area contributed by atoms with Gasteiger partial charge in [0.05, 0.1) is 38.2 Å². The fraction of sp³-hybridized carbons (Fsp3) is 0.500. The van der Waals surface area contributed by atoms with Crippen LogP contribution in [0.3, 0.4) is 0 Å². The first kappa shape index (κ1) is 12.2. The number of nitrogens with two attached hydrogens (primary N) is 1. The van der Waals surface area contributed by atoms with Crippen LogP contribution in [-0.2, 0) is 11.3 Å². The molecular formula is C12H16N4O3. The highest BCUT2D eigenvalue weighted by Gasteiger charge is 2.26. The van der Waals surface area contributed by atoms with Gasteiger partial charge in [0.1, 0.15) is 18.1 Å². The molecule has 2 N–H and O–H groups in total. The highest BCUT2D eigenvalue weighted by molar-refractivity contribution is 5.14. The smallest absolute Gasteiger partial charge is 0.191 e. The van der Waals surface area contributed by atoms with Crippen LogP contribution in [0.1, 0.15) is 11.6 Å². The molecular weight excluding hydrogens is 248 g/mol. The zero-order valence-corrected chi connectivity index (χ0v) is 10.7. The largest absolute Gasteiger partial charge is 0.483 e. The van der Waals surface area contributed by atoms with E-state index in [1.165, 1.54) is 0 Å². The maximum Gasteiger partial charge on any atom is 0.191 e. The second-order valence-electron chi connectivity index (χ2n) is 4.59. The average molecular weight is 264 g/mol. The summed E-state index contributed by atoms with van der Waals surface area (Å²) in [7, 11) is 0. The molecule has 3 rings (SSSR count). The van der Waals surface area contributed by atoms with Crippen LogP contribution < -0.4 is 10.5 Å². The first-order chi connectivity index (χ1) is 9.20. The first-order valence-corrected chi connectivity index (χ1v) is 6.14. The average Bonchev–Trinajstić information content (AvgIpc) is 3.06. The molecule has 0 bridgehead atoms. The lowest BCUT2D eigenvalue weighted by Gasteiger charge is -2.13. The zero-order chi connectivity index (χ0) is 13.2. The van der Waals surface area contributed by atoms with Crippen molar-refractivity contribution in [2.45, 2.75) is 25.6 Å². The van der Waals surface area contributed by atoms with Crippen LogP contribution in [0.2, 0.25) is 0 Å². The number of hydrogen-bond donors (Lipinski definition) is 1. The molecule has 1 fully saturated rings. The Morgan fingerprint density at radius 2 is 2.42 bits per heavy atom. The van der Waals surface area contributed by atoms with Crippen molar-refractivity contribution in [3.63, 3.8) is 0 Å². The molecule has 1 saturated heterocycles. The normalized spacial score (nSPS) is 22.8. The summed E-state index contributed by atoms with van der Waals surface area (Å²) in [5.41, 5.74) is 6.69. The third-order valence-corrected chi connectivity index (χ3v) is 2.96. The molecule has 0 radical (unpaired) electrons. The van der Waals surface area contributed by atoms with Gasteiger partial charge in [0.25, 0.3) is 0 Å². The predicted octanol–water partition coefficient (Wildman–Crippen LogP) is 0.333. The number of aryl methyl sites for hydroxylation is 1. The summed E-state index contributed by atoms with van der Waals surface area (Å²) >= 11 is 0. The molecule has 0 aliphatic carbocycles. The molecule has 102 valence electrons. The van der Waals surface area contributed by atoms with Gasteiger partial charge in [0, 0.05) is 6.92 Å². The second kappa shape index (κ2) is 5.02. The quantitative estimate of drug-likeness (QED) is 0.856. The van der Waals surface area contributed by atoms with Crippen LogP contribution in [-0.4, -0.2) is 40.1 Å². The van der Waals surface area contributed by atoms with E-state index in [1.807, 2.05) is 13.1 Å². The molecule has 0 unspecified atom stereocenters. The Hall–Kier alpha value is -1.86. The van der Waals surface area contributed by atoms with E-state index in [4.69, 9.17) is 19.6 Å². The molecule has 0 amide bonds. The molecule has 19 heavy (non-hydrogen) atoms. The number of rotatable bonds is 4. The number of hydrogen-bond acceptors (Lipinski definition) is 6. The fourth-order valence-electron chi connectivity index (χ4n) is 1.99. The third kappa shape index (κ3) is 2.77. The molecule has 0 saturated carbocycles. The maximum absolute atomic E-state index is 5.86. The monoisotopic (exact) mass is 264 g/mol. The fourth-order valence-corrected chi connectivity index (χ4v) is 1.99. The van der Waals surface area contributed by atoms with E-state index in [-0.39, 0.29) is 12.1 Å². The van der Waals surface area contributed by atoms with Crippen molar-refractivity contribution >= 4 is 0 Å². The summed E-state index contributed by atoms with van der Waals surface area (Å²) in [4.78, 5) is 4.22. The van der Waals surface area contributed by atoms with Gasteiger partial charge in [0.15, 0.2) is 11.6 Å². The summed E-state index contributed by atoms with van der Waals surface area (Å²) < 4.78 is 17.9. The number of oxazole rings is 1. The topological polar surface area (TPSA) is 88.3 Å². The Morgan fingerprint density at radius 1 is 1.53 bits per heavy atom. The van der Waals surface area contributed by atoms with Crippen LogP contribution in [0.4, 0.5) is 0 Å². The van der Waals surface area contributed by atoms with Crippen molar-refractivity contribution in [1.82, 2.24) is 14.8 Å². The Kier molecular flexibility index (Phi) is 3.22. The van der Waals surface area contributed by atoms with Crippen LogP contribution in [0, 0.1) is 6.92 Å². The first-order valence-electron chi connectivity index (χ1n) is 6.14. The van der Waals surface area contributed by atoms with Crippen molar-refractivity contribution in [3.05, 3.63) is 30.2 Å². The second-order valence-corrected chi connectivity index (χ2v) is 4.59. The number of ether oxygens (including phenoxy) is 2. The van der Waals surface area contributed by atoms with E-state index < -0.39 is 0 Å². The minimum absolute atomic E-state index is 0.0819. The lowest BCUT2D eigenvalue weighted by Crippen LogP contribution is -2.37. The molecule has 1 aliphatic heterocycles. The summed E-state index contributed by atoms with van der Waals surface area (Å²) in [6.07, 6.45) is 5.00. The molecule has 0 aromatic carbocycles. The summed E-state index contributed by atoms with van der Waals surface area (Å²) in [5, 5.41) is 4.22. The lowest BCUT2D eigenvalue weighted by molar-refractivity contribution is 0.140. The van der Waals surface area contributed by atoms with E-state index in [0.29, 0.717) is 31.4 Å². The Balaban J connectivity index is 1.63. The minimum atomic E-state index is -0.105. The van der Waals surface area contributed by atoms with Gasteiger partial charge in [-0.1, -0.05) is 0 Å². The standard InChI is InChI=1S/C12H16N4O3/c1-8-15-9(5-18-8)3-16-4-10(2-14-16)19-12-7-17-6-11(12)13/h2,4-5,11-12H,3,6-7,13H2,1H3/t11-,12+/m0/s1. The van der Waals surface area contributed by atoms with Gasteiger partial charge in [-0.3, -0.25) is 4.68 Å². The van der Waals surface area contributed by atoms with Crippen molar-refractivity contribution in [2.75, 3.05) is 13.2 Å². The van der Waals surface area contributed by atoms with Crippen LogP contribution >= 0.6 is 0 Å². The van der Waals surface area contributed by atoms with Gasteiger partial charge >= 0.3 is 0 Å². The number of nitrogens with zero attached hydrogens (tertiary/aromatic N) is 3. The minimum Gasteiger partial charge on any atom is -0.483 e. The Labute approximate surface area is 110 Å². The third-order valence-electron chi connectivity index (χ3n) is 2.96. The maximum atomic E-state index is 5.86. The Bertz CT molecular complexity index is 551. The van der Waals surface area contributed by atoms with Crippen molar-refractivity contribution in [3.8, 4) is 5.75 Å². The molecule has 2 atom stereocenters. The van der Waals surface area contributed by atoms with E-state index in [0.717, 1.165) is 5.69 Å². The van der Waals surface area contributed by atoms with Gasteiger partial charge in [-0.25, -0.2) is 4.98 Å². The van der Waals surface area contributed by atoms with Gasteiger partial charge in [0.2, 0.25) is 0 Å². The number of aromatic nitrogens is 3. The van der Waals surface area contributed by atoms with E-state index in [1.54, 1.807) is 17.1 Å². The van der Waals surface area contributed by atoms with Crippen LogP contribution in [0.5, 0.6) is 5.75 Å². The van der Waals surface area contributed by atoms with E-state index in [9.17, 15) is 0 Å². The Morgan fingerprint density at radius 3 is 3.11 bits per heavy atom. The van der Waals surface area contributed by atoms with Gasteiger partial charge in [-0.15, -0.1) is 0 Å². The van der Waals surface area contributed by atoms with Crippen molar-refractivity contribution < 1.29 is 13.9 Å². The molecule has 3 heterocycles. The van der Waals surface area contributed by atoms with Crippen molar-refractivity contribution in [2.24, 2.45) is 5.73 Å². The zero-order valence-electron chi connectivity index (χ0n) is 10.7. The summed E-state index contributed by atoms with van der Waals surface area (Å²) in [6, 6.07) is -0.0819. The summed E-state index contributed by atoms with van der Waals surface area (Å²) in [6.45, 7) is 3.42. The van der Waals surface area contributed by atoms with Gasteiger partial charge in [-0.2, -0.15) is 5.10 Å². The van der Waals surface area contributed by atoms with Gasteiger partial charge < -0.3 is 19.6 Å². The molecule has 1 aliphatic rings. The van der Waals surface area contributed by atoms with E-state index in [2.05, 4.69) is 10.1 Å². The SMILES string of the molecule is Cc1nc(Cn2cc(O[C@@H]3COC[C@@H]3N)cn2)co1. The highest BCUT2D eigenvalue weighted by atomic mass is 16.5. The molecule has 2 aromatic rings. The molecule has 7 heteroatoms. The highest BCUT2D eigenvalue weighted by Crippen LogP contribution is 2.16. The lowest BCUT2D eigenvalue weighted by atomic mass is 10.2. The van der Waals surface area contributed by atoms with Crippen LogP contribution in [0.25, 0.3) is 0 Å². The molecule has 2 aromatic heterocycles. The van der Waals surface area contributed by atoms with Crippen LogP contribution in [0.15, 0.2) is 23.1 Å². The molecule has 0 spiro atoms. The van der Waals surface area contributed by atoms with Gasteiger partial charge in [-0.05, 0) is 0 Å².